The Hall–Kier alpha value is -0.430. The maximum atomic E-state index is 12.4. The molecule has 1 atom stereocenters. The van der Waals surface area contributed by atoms with Gasteiger partial charge in [0.05, 0.1) is 4.90 Å². The van der Waals surface area contributed by atoms with Gasteiger partial charge in [-0.1, -0.05) is 15.9 Å². The van der Waals surface area contributed by atoms with Crippen LogP contribution in [0.25, 0.3) is 0 Å². The molecule has 1 aliphatic rings. The molecule has 1 fully saturated rings. The first-order chi connectivity index (χ1) is 8.54. The van der Waals surface area contributed by atoms with E-state index in [2.05, 4.69) is 15.9 Å². The molecule has 18 heavy (non-hydrogen) atoms. The van der Waals surface area contributed by atoms with Crippen molar-refractivity contribution in [1.82, 2.24) is 4.31 Å². The third kappa shape index (κ3) is 2.93. The van der Waals surface area contributed by atoms with E-state index in [1.807, 2.05) is 0 Å². The van der Waals surface area contributed by atoms with Crippen molar-refractivity contribution in [2.75, 3.05) is 19.7 Å². The summed E-state index contributed by atoms with van der Waals surface area (Å²) in [5, 5.41) is 9.15. The number of nitrogens with zero attached hydrogens (tertiary/aromatic N) is 1. The molecular formula is C12H16BrNO3S. The quantitative estimate of drug-likeness (QED) is 0.918. The Bertz CT molecular complexity index is 501. The van der Waals surface area contributed by atoms with Crippen molar-refractivity contribution in [3.05, 3.63) is 28.7 Å². The van der Waals surface area contributed by atoms with Crippen LogP contribution in [0, 0.1) is 5.92 Å². The van der Waals surface area contributed by atoms with Gasteiger partial charge in [-0.05, 0) is 43.0 Å². The molecule has 1 heterocycles. The first kappa shape index (κ1) is 14.0. The fourth-order valence-electron chi connectivity index (χ4n) is 2.15. The van der Waals surface area contributed by atoms with Crippen molar-refractivity contribution in [2.45, 2.75) is 17.7 Å². The van der Waals surface area contributed by atoms with Gasteiger partial charge < -0.3 is 5.11 Å². The second-order valence-electron chi connectivity index (χ2n) is 4.51. The van der Waals surface area contributed by atoms with Crippen molar-refractivity contribution in [3.8, 4) is 0 Å². The number of aliphatic hydroxyl groups excluding tert-OH is 1. The Kier molecular flexibility index (Phi) is 4.42. The summed E-state index contributed by atoms with van der Waals surface area (Å²) >= 11 is 3.29. The van der Waals surface area contributed by atoms with Gasteiger partial charge in [0.15, 0.2) is 0 Å². The molecule has 0 radical (unpaired) electrons. The number of halogens is 1. The minimum atomic E-state index is -3.42. The van der Waals surface area contributed by atoms with Crippen LogP contribution >= 0.6 is 15.9 Å². The summed E-state index contributed by atoms with van der Waals surface area (Å²) in [5.74, 6) is 0.0592. The van der Waals surface area contributed by atoms with Crippen LogP contribution < -0.4 is 0 Å². The highest BCUT2D eigenvalue weighted by Crippen LogP contribution is 2.24. The molecule has 1 aromatic carbocycles. The normalized spacial score (nSPS) is 22.0. The highest BCUT2D eigenvalue weighted by Gasteiger charge is 2.29. The van der Waals surface area contributed by atoms with E-state index in [4.69, 9.17) is 5.11 Å². The Balaban J connectivity index is 2.22. The SMILES string of the molecule is O=S(=O)(c1ccc(Br)cc1)N1CCC[C@H](CO)C1. The minimum absolute atomic E-state index is 0.0480. The summed E-state index contributed by atoms with van der Waals surface area (Å²) in [6, 6.07) is 6.64. The van der Waals surface area contributed by atoms with Crippen LogP contribution in [0.3, 0.4) is 0 Å². The summed E-state index contributed by atoms with van der Waals surface area (Å²) < 4.78 is 27.1. The molecule has 0 spiro atoms. The summed E-state index contributed by atoms with van der Waals surface area (Å²) in [4.78, 5) is 0.310. The summed E-state index contributed by atoms with van der Waals surface area (Å²) in [6.45, 7) is 0.996. The fourth-order valence-corrected chi connectivity index (χ4v) is 3.97. The van der Waals surface area contributed by atoms with Crippen molar-refractivity contribution in [3.63, 3.8) is 0 Å². The van der Waals surface area contributed by atoms with E-state index in [0.29, 0.717) is 18.0 Å². The standard InChI is InChI=1S/C12H16BrNO3S/c13-11-3-5-12(6-4-11)18(16,17)14-7-1-2-10(8-14)9-15/h3-6,10,15H,1-2,7-9H2/t10-/m0/s1. The smallest absolute Gasteiger partial charge is 0.243 e. The van der Waals surface area contributed by atoms with Gasteiger partial charge in [0, 0.05) is 24.2 Å². The second kappa shape index (κ2) is 5.69. The van der Waals surface area contributed by atoms with E-state index < -0.39 is 10.0 Å². The van der Waals surface area contributed by atoms with Crippen molar-refractivity contribution >= 4 is 26.0 Å². The Morgan fingerprint density at radius 2 is 2.00 bits per heavy atom. The van der Waals surface area contributed by atoms with Crippen molar-refractivity contribution in [1.29, 1.82) is 0 Å². The lowest BCUT2D eigenvalue weighted by molar-refractivity contribution is 0.165. The highest BCUT2D eigenvalue weighted by atomic mass is 79.9. The molecule has 1 aromatic rings. The highest BCUT2D eigenvalue weighted by molar-refractivity contribution is 9.10. The molecule has 0 unspecified atom stereocenters. The van der Waals surface area contributed by atoms with Gasteiger partial charge >= 0.3 is 0 Å². The van der Waals surface area contributed by atoms with Gasteiger partial charge in [-0.3, -0.25) is 0 Å². The van der Waals surface area contributed by atoms with Crippen LogP contribution in [-0.2, 0) is 10.0 Å². The van der Waals surface area contributed by atoms with Crippen LogP contribution in [0.5, 0.6) is 0 Å². The Morgan fingerprint density at radius 1 is 1.33 bits per heavy atom. The van der Waals surface area contributed by atoms with Crippen molar-refractivity contribution in [2.24, 2.45) is 5.92 Å². The largest absolute Gasteiger partial charge is 0.396 e. The molecule has 0 amide bonds. The predicted molar refractivity (Wildman–Crippen MR) is 72.7 cm³/mol. The third-order valence-electron chi connectivity index (χ3n) is 3.19. The molecule has 100 valence electrons. The molecule has 1 aliphatic heterocycles. The monoisotopic (exact) mass is 333 g/mol. The minimum Gasteiger partial charge on any atom is -0.396 e. The number of aliphatic hydroxyl groups is 1. The molecule has 0 bridgehead atoms. The Labute approximate surface area is 116 Å². The third-order valence-corrected chi connectivity index (χ3v) is 5.60. The topological polar surface area (TPSA) is 57.6 Å². The summed E-state index contributed by atoms with van der Waals surface area (Å²) in [6.07, 6.45) is 1.70. The number of piperidine rings is 1. The van der Waals surface area contributed by atoms with Crippen LogP contribution in [-0.4, -0.2) is 37.5 Å². The van der Waals surface area contributed by atoms with E-state index in [-0.39, 0.29) is 12.5 Å². The molecular weight excluding hydrogens is 318 g/mol. The van der Waals surface area contributed by atoms with Crippen molar-refractivity contribution < 1.29 is 13.5 Å². The average molecular weight is 334 g/mol. The summed E-state index contributed by atoms with van der Waals surface area (Å²) in [5.41, 5.74) is 0. The van der Waals surface area contributed by atoms with E-state index in [1.54, 1.807) is 24.3 Å². The van der Waals surface area contributed by atoms with Gasteiger partial charge in [-0.15, -0.1) is 0 Å². The molecule has 1 N–H and O–H groups in total. The summed E-state index contributed by atoms with van der Waals surface area (Å²) in [7, 11) is -3.42. The van der Waals surface area contributed by atoms with E-state index >= 15 is 0 Å². The van der Waals surface area contributed by atoms with Gasteiger partial charge in [0.25, 0.3) is 0 Å². The van der Waals surface area contributed by atoms with Gasteiger partial charge in [-0.2, -0.15) is 4.31 Å². The van der Waals surface area contributed by atoms with Gasteiger partial charge in [-0.25, -0.2) is 8.42 Å². The van der Waals surface area contributed by atoms with Crippen LogP contribution in [0.1, 0.15) is 12.8 Å². The number of sulfonamides is 1. The van der Waals surface area contributed by atoms with Gasteiger partial charge in [0.1, 0.15) is 0 Å². The molecule has 0 saturated carbocycles. The average Bonchev–Trinajstić information content (AvgIpc) is 2.39. The lowest BCUT2D eigenvalue weighted by Gasteiger charge is -2.30. The number of benzene rings is 1. The lowest BCUT2D eigenvalue weighted by atomic mass is 10.0. The molecule has 4 nitrogen and oxygen atoms in total. The number of rotatable bonds is 3. The molecule has 0 aliphatic carbocycles. The van der Waals surface area contributed by atoms with Crippen LogP contribution in [0.2, 0.25) is 0 Å². The fraction of sp³-hybridized carbons (Fsp3) is 0.500. The predicted octanol–water partition coefficient (Wildman–Crippen LogP) is 1.84. The second-order valence-corrected chi connectivity index (χ2v) is 7.36. The van der Waals surface area contributed by atoms with Gasteiger partial charge in [0.2, 0.25) is 10.0 Å². The van der Waals surface area contributed by atoms with Crippen LogP contribution in [0.4, 0.5) is 0 Å². The first-order valence-corrected chi connectivity index (χ1v) is 8.14. The molecule has 1 saturated heterocycles. The molecule has 0 aromatic heterocycles. The zero-order valence-electron chi connectivity index (χ0n) is 9.92. The molecule has 6 heteroatoms. The van der Waals surface area contributed by atoms with Crippen LogP contribution in [0.15, 0.2) is 33.6 Å². The van der Waals surface area contributed by atoms with E-state index in [1.165, 1.54) is 4.31 Å². The molecule has 2 rings (SSSR count). The van der Waals surface area contributed by atoms with E-state index in [9.17, 15) is 8.42 Å². The maximum absolute atomic E-state index is 12.4. The zero-order valence-corrected chi connectivity index (χ0v) is 12.3. The lowest BCUT2D eigenvalue weighted by Crippen LogP contribution is -2.40. The zero-order chi connectivity index (χ0) is 13.2. The maximum Gasteiger partial charge on any atom is 0.243 e. The first-order valence-electron chi connectivity index (χ1n) is 5.90. The number of hydrogen-bond donors (Lipinski definition) is 1. The number of hydrogen-bond acceptors (Lipinski definition) is 3. The Morgan fingerprint density at radius 3 is 2.61 bits per heavy atom. The van der Waals surface area contributed by atoms with E-state index in [0.717, 1.165) is 17.3 Å².